The van der Waals surface area contributed by atoms with E-state index in [9.17, 15) is 4.79 Å². The Morgan fingerprint density at radius 3 is 2.21 bits per heavy atom. The molecule has 3 rings (SSSR count). The summed E-state index contributed by atoms with van der Waals surface area (Å²) < 4.78 is 17.0. The van der Waals surface area contributed by atoms with E-state index >= 15 is 0 Å². The minimum absolute atomic E-state index is 0.100. The lowest BCUT2D eigenvalue weighted by atomic mass is 10.1. The van der Waals surface area contributed by atoms with Gasteiger partial charge in [-0.05, 0) is 48.9 Å². The molecule has 6 heteroatoms. The maximum absolute atomic E-state index is 12.3. The van der Waals surface area contributed by atoms with Crippen molar-refractivity contribution in [3.8, 4) is 35.2 Å². The number of pyridine rings is 2. The van der Waals surface area contributed by atoms with Crippen LogP contribution in [-0.2, 0) is 4.74 Å². The number of benzene rings is 1. The molecule has 6 nitrogen and oxygen atoms in total. The van der Waals surface area contributed by atoms with Crippen molar-refractivity contribution in [3.05, 3.63) is 72.1 Å². The first kappa shape index (κ1) is 29.7. The second-order valence-electron chi connectivity index (χ2n) is 9.46. The molecule has 2 heterocycles. The van der Waals surface area contributed by atoms with Gasteiger partial charge >= 0.3 is 5.97 Å². The van der Waals surface area contributed by atoms with Gasteiger partial charge in [-0.15, -0.1) is 6.42 Å². The number of aromatic nitrogens is 2. The monoisotopic (exact) mass is 528 g/mol. The van der Waals surface area contributed by atoms with Crippen molar-refractivity contribution in [2.75, 3.05) is 19.8 Å². The van der Waals surface area contributed by atoms with E-state index in [2.05, 4.69) is 22.8 Å². The van der Waals surface area contributed by atoms with Crippen molar-refractivity contribution >= 4 is 5.97 Å². The van der Waals surface area contributed by atoms with Gasteiger partial charge in [-0.2, -0.15) is 0 Å². The van der Waals surface area contributed by atoms with Crippen LogP contribution < -0.4 is 9.47 Å². The fourth-order valence-corrected chi connectivity index (χ4v) is 4.17. The van der Waals surface area contributed by atoms with Crippen LogP contribution in [0.25, 0.3) is 11.4 Å². The van der Waals surface area contributed by atoms with E-state index in [-0.39, 0.29) is 13.2 Å². The van der Waals surface area contributed by atoms with E-state index in [4.69, 9.17) is 20.6 Å². The Kier molecular flexibility index (Phi) is 13.4. The summed E-state index contributed by atoms with van der Waals surface area (Å²) in [6, 6.07) is 14.4. The van der Waals surface area contributed by atoms with E-state index in [1.165, 1.54) is 64.0 Å². The molecule has 0 aliphatic heterocycles. The second kappa shape index (κ2) is 17.6. The van der Waals surface area contributed by atoms with E-state index in [0.717, 1.165) is 12.1 Å². The van der Waals surface area contributed by atoms with Crippen LogP contribution in [0, 0.1) is 12.3 Å². The quantitative estimate of drug-likeness (QED) is 0.0959. The van der Waals surface area contributed by atoms with E-state index in [0.29, 0.717) is 34.9 Å². The molecule has 2 aromatic heterocycles. The van der Waals surface area contributed by atoms with Gasteiger partial charge < -0.3 is 14.2 Å². The number of nitrogens with zero attached hydrogens (tertiary/aromatic N) is 2. The Bertz CT molecular complexity index is 1160. The minimum atomic E-state index is -0.460. The number of carbonyl (C=O) groups is 1. The van der Waals surface area contributed by atoms with Crippen LogP contribution in [0.5, 0.6) is 11.5 Å². The van der Waals surface area contributed by atoms with E-state index < -0.39 is 5.97 Å². The maximum Gasteiger partial charge on any atom is 0.339 e. The molecule has 0 unspecified atom stereocenters. The van der Waals surface area contributed by atoms with Gasteiger partial charge in [0.2, 0.25) is 0 Å². The molecule has 0 saturated heterocycles. The van der Waals surface area contributed by atoms with Crippen LogP contribution in [0.1, 0.15) is 87.1 Å². The first-order chi connectivity index (χ1) is 19.2. The van der Waals surface area contributed by atoms with Crippen LogP contribution in [-0.4, -0.2) is 35.8 Å². The summed E-state index contributed by atoms with van der Waals surface area (Å²) in [5, 5.41) is 0. The molecule has 1 aromatic carbocycles. The third-order valence-corrected chi connectivity index (χ3v) is 6.37. The molecule has 0 saturated carbocycles. The Labute approximate surface area is 233 Å². The lowest BCUT2D eigenvalue weighted by Gasteiger charge is -2.11. The van der Waals surface area contributed by atoms with Gasteiger partial charge in [0.15, 0.2) is 0 Å². The molecule has 0 fully saturated rings. The predicted molar refractivity (Wildman–Crippen MR) is 155 cm³/mol. The van der Waals surface area contributed by atoms with Gasteiger partial charge in [-0.1, -0.05) is 76.7 Å². The van der Waals surface area contributed by atoms with Crippen LogP contribution >= 0.6 is 0 Å². The topological polar surface area (TPSA) is 70.5 Å². The average Bonchev–Trinajstić information content (AvgIpc) is 2.99. The number of ether oxygens (including phenoxy) is 3. The number of carbonyl (C=O) groups excluding carboxylic acids is 1. The molecule has 0 N–H and O–H groups in total. The molecule has 0 spiro atoms. The molecule has 0 bridgehead atoms. The molecular formula is C33H40N2O4. The van der Waals surface area contributed by atoms with Gasteiger partial charge in [0.25, 0.3) is 0 Å². The van der Waals surface area contributed by atoms with Crippen LogP contribution in [0.4, 0.5) is 0 Å². The number of rotatable bonds is 18. The highest BCUT2D eigenvalue weighted by molar-refractivity contribution is 5.89. The Balaban J connectivity index is 1.31. The van der Waals surface area contributed by atoms with Crippen LogP contribution in [0.15, 0.2) is 60.9 Å². The fraction of sp³-hybridized carbons (Fsp3) is 0.424. The predicted octanol–water partition coefficient (Wildman–Crippen LogP) is 7.66. The third kappa shape index (κ3) is 10.8. The first-order valence-corrected chi connectivity index (χ1v) is 14.1. The lowest BCUT2D eigenvalue weighted by molar-refractivity contribution is 0.0450. The van der Waals surface area contributed by atoms with Crippen molar-refractivity contribution in [3.63, 3.8) is 0 Å². The molecule has 3 aromatic rings. The number of unbranched alkanes of at least 4 members (excludes halogenated alkanes) is 9. The molecular weight excluding hydrogens is 488 g/mol. The van der Waals surface area contributed by atoms with E-state index in [1.807, 2.05) is 30.3 Å². The number of esters is 1. The largest absolute Gasteiger partial charge is 0.492 e. The second-order valence-corrected chi connectivity index (χ2v) is 9.46. The normalized spacial score (nSPS) is 10.6. The van der Waals surface area contributed by atoms with Crippen molar-refractivity contribution < 1.29 is 19.0 Å². The summed E-state index contributed by atoms with van der Waals surface area (Å²) in [7, 11) is 0. The molecule has 0 aliphatic carbocycles. The summed E-state index contributed by atoms with van der Waals surface area (Å²) in [6.45, 7) is 3.21. The standard InChI is InChI=1S/C33H40N2O4/c1-3-5-6-7-8-9-10-11-12-15-22-38-32-20-18-29(25-27(32)4-2)37-23-24-39-33(36)28-17-19-31(35-26-28)30-16-13-14-21-34-30/h2,13-14,16-21,25-26H,3,5-12,15,22-24H2,1H3. The van der Waals surface area contributed by atoms with Crippen LogP contribution in [0.2, 0.25) is 0 Å². The minimum Gasteiger partial charge on any atom is -0.492 e. The van der Waals surface area contributed by atoms with Crippen LogP contribution in [0.3, 0.4) is 0 Å². The summed E-state index contributed by atoms with van der Waals surface area (Å²) in [4.78, 5) is 20.9. The highest BCUT2D eigenvalue weighted by atomic mass is 16.6. The fourth-order valence-electron chi connectivity index (χ4n) is 4.17. The summed E-state index contributed by atoms with van der Waals surface area (Å²) in [5.41, 5.74) is 2.45. The zero-order chi connectivity index (χ0) is 27.5. The summed E-state index contributed by atoms with van der Waals surface area (Å²) in [5.74, 6) is 3.50. The van der Waals surface area contributed by atoms with E-state index in [1.54, 1.807) is 24.4 Å². The van der Waals surface area contributed by atoms with Gasteiger partial charge in [-0.25, -0.2) is 4.79 Å². The number of hydrogen-bond donors (Lipinski definition) is 0. The van der Waals surface area contributed by atoms with Gasteiger partial charge in [0.1, 0.15) is 24.7 Å². The molecule has 0 atom stereocenters. The zero-order valence-electron chi connectivity index (χ0n) is 23.1. The third-order valence-electron chi connectivity index (χ3n) is 6.37. The molecule has 0 radical (unpaired) electrons. The summed E-state index contributed by atoms with van der Waals surface area (Å²) >= 11 is 0. The van der Waals surface area contributed by atoms with Gasteiger partial charge in [0.05, 0.1) is 29.1 Å². The smallest absolute Gasteiger partial charge is 0.339 e. The zero-order valence-corrected chi connectivity index (χ0v) is 23.1. The number of hydrogen-bond acceptors (Lipinski definition) is 6. The van der Waals surface area contributed by atoms with Crippen molar-refractivity contribution in [1.82, 2.24) is 9.97 Å². The average molecular weight is 529 g/mol. The maximum atomic E-state index is 12.3. The Morgan fingerprint density at radius 2 is 1.54 bits per heavy atom. The first-order valence-electron chi connectivity index (χ1n) is 14.1. The number of terminal acetylenes is 1. The van der Waals surface area contributed by atoms with Gasteiger partial charge in [-0.3, -0.25) is 9.97 Å². The molecule has 206 valence electrons. The van der Waals surface area contributed by atoms with Crippen molar-refractivity contribution in [1.29, 1.82) is 0 Å². The summed E-state index contributed by atoms with van der Waals surface area (Å²) in [6.07, 6.45) is 21.7. The Morgan fingerprint density at radius 1 is 0.795 bits per heavy atom. The van der Waals surface area contributed by atoms with Gasteiger partial charge in [0, 0.05) is 12.4 Å². The SMILES string of the molecule is C#Cc1cc(OCCOC(=O)c2ccc(-c3ccccn3)nc2)ccc1OCCCCCCCCCCCC. The molecule has 0 aliphatic rings. The molecule has 39 heavy (non-hydrogen) atoms. The Hall–Kier alpha value is -3.85. The highest BCUT2D eigenvalue weighted by Crippen LogP contribution is 2.24. The molecule has 0 amide bonds. The highest BCUT2D eigenvalue weighted by Gasteiger charge is 2.10. The lowest BCUT2D eigenvalue weighted by Crippen LogP contribution is -2.12. The van der Waals surface area contributed by atoms with Crippen molar-refractivity contribution in [2.45, 2.75) is 71.1 Å². The van der Waals surface area contributed by atoms with Crippen molar-refractivity contribution in [2.24, 2.45) is 0 Å².